The number of nitrogens with zero attached hydrogens (tertiary/aromatic N) is 1. The fourth-order valence-corrected chi connectivity index (χ4v) is 6.59. The number of methoxy groups -OCH3 is 1. The molecule has 6 nitrogen and oxygen atoms in total. The molecule has 0 radical (unpaired) electrons. The number of aromatic amines is 1. The van der Waals surface area contributed by atoms with E-state index in [1.165, 1.54) is 18.1 Å². The Kier molecular flexibility index (Phi) is 4.49. The minimum Gasteiger partial charge on any atom is -0.468 e. The number of benzene rings is 1. The van der Waals surface area contributed by atoms with Crippen LogP contribution in [-0.4, -0.2) is 59.6 Å². The molecule has 6 heteroatoms. The molecule has 6 rings (SSSR count). The molecule has 4 heterocycles. The summed E-state index contributed by atoms with van der Waals surface area (Å²) in [7, 11) is 1.48. The fourth-order valence-electron chi connectivity index (χ4n) is 6.59. The van der Waals surface area contributed by atoms with Crippen molar-refractivity contribution in [2.45, 2.75) is 56.9 Å². The van der Waals surface area contributed by atoms with Crippen LogP contribution in [0.15, 0.2) is 24.3 Å². The quantitative estimate of drug-likeness (QED) is 0.775. The van der Waals surface area contributed by atoms with Crippen molar-refractivity contribution in [2.24, 2.45) is 11.8 Å². The van der Waals surface area contributed by atoms with Gasteiger partial charge in [0.05, 0.1) is 13.2 Å². The van der Waals surface area contributed by atoms with Gasteiger partial charge in [-0.25, -0.2) is 0 Å². The topological polar surface area (TPSA) is 74.8 Å². The maximum Gasteiger partial charge on any atom is 0.319 e. The molecule has 2 aromatic rings. The summed E-state index contributed by atoms with van der Waals surface area (Å²) in [5, 5.41) is 11.9. The molecule has 4 bridgehead atoms. The minimum atomic E-state index is -0.808. The first-order chi connectivity index (χ1) is 14.0. The second-order valence-electron chi connectivity index (χ2n) is 8.87. The number of piperidine rings is 2. The Morgan fingerprint density at radius 1 is 1.41 bits per heavy atom. The first-order valence-corrected chi connectivity index (χ1v) is 10.8. The van der Waals surface area contributed by atoms with Crippen molar-refractivity contribution in [2.75, 3.05) is 20.3 Å². The molecule has 156 valence electrons. The predicted octanol–water partition coefficient (Wildman–Crippen LogP) is 2.59. The number of hydrogen-bond acceptors (Lipinski definition) is 5. The molecule has 7 atom stereocenters. The number of esters is 1. The minimum absolute atomic E-state index is 0.00178. The number of carbonyl (C=O) groups is 1. The molecule has 2 saturated heterocycles. The van der Waals surface area contributed by atoms with E-state index in [1.807, 2.05) is 26.0 Å². The number of aliphatic hydroxyl groups excluding tert-OH is 1. The highest BCUT2D eigenvalue weighted by Crippen LogP contribution is 2.57. The molecular weight excluding hydrogens is 368 g/mol. The van der Waals surface area contributed by atoms with Crippen LogP contribution >= 0.6 is 0 Å². The Morgan fingerprint density at radius 2 is 2.21 bits per heavy atom. The highest BCUT2D eigenvalue weighted by atomic mass is 16.5. The van der Waals surface area contributed by atoms with Crippen LogP contribution in [0.3, 0.4) is 0 Å². The smallest absolute Gasteiger partial charge is 0.319 e. The standard InChI is InChI=1S/C23H30N2O4/c1-4-29-21-14-11-17(13(2)26)20-23(12-14,22(27)28-3)19-16(9-10-25(20)21)15-7-5-6-8-18(15)24-19/h5-8,13-14,17,20-21,24,26H,4,9-12H2,1-3H3/t13-,14+,17+,20-,21?,23+/m0/s1. The van der Waals surface area contributed by atoms with Crippen molar-refractivity contribution in [3.05, 3.63) is 35.5 Å². The molecule has 1 aromatic carbocycles. The van der Waals surface area contributed by atoms with Gasteiger partial charge in [0.25, 0.3) is 0 Å². The first kappa shape index (κ1) is 19.1. The second-order valence-corrected chi connectivity index (χ2v) is 8.87. The molecule has 2 unspecified atom stereocenters. The van der Waals surface area contributed by atoms with E-state index in [2.05, 4.69) is 22.0 Å². The van der Waals surface area contributed by atoms with Gasteiger partial charge in [-0.2, -0.15) is 0 Å². The van der Waals surface area contributed by atoms with Crippen molar-refractivity contribution < 1.29 is 19.4 Å². The fraction of sp³-hybridized carbons (Fsp3) is 0.609. The SMILES string of the molecule is CCOC1[C@@H]2C[C@H]([C@H](C)O)[C@@H]3N1CCc1c([nH]c4ccccc14)[C@]3(C(=O)OC)C2. The van der Waals surface area contributed by atoms with E-state index < -0.39 is 11.5 Å². The number of para-hydroxylation sites is 1. The summed E-state index contributed by atoms with van der Waals surface area (Å²) < 4.78 is 11.6. The highest BCUT2D eigenvalue weighted by Gasteiger charge is 2.66. The Hall–Kier alpha value is -1.89. The van der Waals surface area contributed by atoms with Crippen LogP contribution in [0.25, 0.3) is 10.9 Å². The lowest BCUT2D eigenvalue weighted by Crippen LogP contribution is -2.72. The van der Waals surface area contributed by atoms with Crippen LogP contribution in [0.5, 0.6) is 0 Å². The molecule has 2 N–H and O–H groups in total. The van der Waals surface area contributed by atoms with E-state index in [0.717, 1.165) is 30.6 Å². The van der Waals surface area contributed by atoms with Crippen molar-refractivity contribution in [3.63, 3.8) is 0 Å². The summed E-state index contributed by atoms with van der Waals surface area (Å²) in [4.78, 5) is 19.5. The number of H-pyrrole nitrogens is 1. The summed E-state index contributed by atoms with van der Waals surface area (Å²) in [6.07, 6.45) is 1.90. The molecular formula is C23H30N2O4. The van der Waals surface area contributed by atoms with Gasteiger partial charge in [-0.05, 0) is 44.7 Å². The average Bonchev–Trinajstić information content (AvgIpc) is 3.06. The number of nitrogens with one attached hydrogen (secondary N) is 1. The first-order valence-electron chi connectivity index (χ1n) is 10.8. The largest absolute Gasteiger partial charge is 0.468 e. The zero-order chi connectivity index (χ0) is 20.3. The molecule has 1 aliphatic carbocycles. The number of hydrogen-bond donors (Lipinski definition) is 2. The van der Waals surface area contributed by atoms with Crippen molar-refractivity contribution >= 4 is 16.9 Å². The normalized spacial score (nSPS) is 36.5. The Morgan fingerprint density at radius 3 is 2.93 bits per heavy atom. The number of carbonyl (C=O) groups excluding carboxylic acids is 1. The zero-order valence-electron chi connectivity index (χ0n) is 17.4. The van der Waals surface area contributed by atoms with E-state index in [0.29, 0.717) is 13.0 Å². The van der Waals surface area contributed by atoms with Gasteiger partial charge in [0.2, 0.25) is 0 Å². The van der Waals surface area contributed by atoms with Crippen molar-refractivity contribution in [1.82, 2.24) is 9.88 Å². The zero-order valence-corrected chi connectivity index (χ0v) is 17.4. The lowest BCUT2D eigenvalue weighted by molar-refractivity contribution is -0.220. The number of aromatic nitrogens is 1. The maximum atomic E-state index is 13.5. The van der Waals surface area contributed by atoms with Gasteiger partial charge < -0.3 is 19.6 Å². The van der Waals surface area contributed by atoms with E-state index in [-0.39, 0.29) is 30.1 Å². The number of ether oxygens (including phenoxy) is 2. The number of rotatable bonds is 4. The Labute approximate surface area is 171 Å². The molecule has 0 amide bonds. The van der Waals surface area contributed by atoms with Crippen LogP contribution in [-0.2, 0) is 26.1 Å². The monoisotopic (exact) mass is 398 g/mol. The van der Waals surface area contributed by atoms with Gasteiger partial charge in [0.15, 0.2) is 0 Å². The summed E-state index contributed by atoms with van der Waals surface area (Å²) in [5.74, 6) is -0.0227. The van der Waals surface area contributed by atoms with Crippen LogP contribution in [0.2, 0.25) is 0 Å². The van der Waals surface area contributed by atoms with Crippen LogP contribution < -0.4 is 0 Å². The van der Waals surface area contributed by atoms with Gasteiger partial charge in [-0.1, -0.05) is 18.2 Å². The van der Waals surface area contributed by atoms with Crippen molar-refractivity contribution in [1.29, 1.82) is 0 Å². The third-order valence-electron chi connectivity index (χ3n) is 7.54. The number of aliphatic hydroxyl groups is 1. The van der Waals surface area contributed by atoms with Gasteiger partial charge in [0, 0.05) is 47.6 Å². The summed E-state index contributed by atoms with van der Waals surface area (Å²) >= 11 is 0. The molecule has 4 aliphatic rings. The highest BCUT2D eigenvalue weighted by molar-refractivity contribution is 5.91. The van der Waals surface area contributed by atoms with Crippen LogP contribution in [0.1, 0.15) is 37.9 Å². The van der Waals surface area contributed by atoms with Crippen LogP contribution in [0.4, 0.5) is 0 Å². The average molecular weight is 399 g/mol. The van der Waals surface area contributed by atoms with Crippen LogP contribution in [0, 0.1) is 11.8 Å². The van der Waals surface area contributed by atoms with Gasteiger partial charge >= 0.3 is 5.97 Å². The van der Waals surface area contributed by atoms with Crippen molar-refractivity contribution in [3.8, 4) is 0 Å². The third-order valence-corrected chi connectivity index (χ3v) is 7.54. The third kappa shape index (κ3) is 2.49. The Balaban J connectivity index is 1.77. The molecule has 29 heavy (non-hydrogen) atoms. The second kappa shape index (κ2) is 6.83. The van der Waals surface area contributed by atoms with E-state index in [4.69, 9.17) is 9.47 Å². The van der Waals surface area contributed by atoms with E-state index in [1.54, 1.807) is 0 Å². The molecule has 3 fully saturated rings. The van der Waals surface area contributed by atoms with Gasteiger partial charge in [-0.15, -0.1) is 0 Å². The molecule has 1 aromatic heterocycles. The summed E-state index contributed by atoms with van der Waals surface area (Å²) in [6, 6.07) is 8.12. The molecule has 0 spiro atoms. The predicted molar refractivity (Wildman–Crippen MR) is 109 cm³/mol. The van der Waals surface area contributed by atoms with E-state index >= 15 is 0 Å². The van der Waals surface area contributed by atoms with Gasteiger partial charge in [-0.3, -0.25) is 9.69 Å². The maximum absolute atomic E-state index is 13.5. The van der Waals surface area contributed by atoms with Gasteiger partial charge in [0.1, 0.15) is 11.6 Å². The Bertz CT molecular complexity index is 938. The summed E-state index contributed by atoms with van der Waals surface area (Å²) in [5.41, 5.74) is 2.45. The number of fused-ring (bicyclic) bond motifs is 4. The molecule has 1 saturated carbocycles. The lowest BCUT2D eigenvalue weighted by Gasteiger charge is -2.61. The van der Waals surface area contributed by atoms with E-state index in [9.17, 15) is 9.90 Å². The summed E-state index contributed by atoms with van der Waals surface area (Å²) in [6.45, 7) is 5.33. The lowest BCUT2D eigenvalue weighted by atomic mass is 9.55. The molecule has 3 aliphatic heterocycles.